The topological polar surface area (TPSA) is 21.3 Å². The number of hydrogen-bond acceptors (Lipinski definition) is 3. The summed E-state index contributed by atoms with van der Waals surface area (Å²) >= 11 is 1.91. The fourth-order valence-corrected chi connectivity index (χ4v) is 3.51. The fraction of sp³-hybridized carbons (Fsp3) is 0.556. The van der Waals surface area contributed by atoms with E-state index in [1.165, 1.54) is 33.4 Å². The molecular formula is C18H25NOS. The highest BCUT2D eigenvalue weighted by molar-refractivity contribution is 7.19. The molecule has 3 heteroatoms. The largest absolute Gasteiger partial charge is 0.371 e. The minimum atomic E-state index is -0.0514. The molecule has 3 rings (SSSR count). The molecule has 1 aliphatic carbocycles. The SMILES string of the molecule is CCC(C)(C)OCc1c(CNC2CC2)sc2ccccc12. The summed E-state index contributed by atoms with van der Waals surface area (Å²) in [5, 5.41) is 5.00. The summed E-state index contributed by atoms with van der Waals surface area (Å²) in [4.78, 5) is 1.44. The Kier molecular flexibility index (Phi) is 4.34. The molecule has 1 aromatic heterocycles. The van der Waals surface area contributed by atoms with Gasteiger partial charge in [0.15, 0.2) is 0 Å². The molecule has 0 bridgehead atoms. The van der Waals surface area contributed by atoms with Gasteiger partial charge in [-0.15, -0.1) is 11.3 Å². The van der Waals surface area contributed by atoms with Crippen molar-refractivity contribution in [3.05, 3.63) is 34.7 Å². The van der Waals surface area contributed by atoms with E-state index in [0.717, 1.165) is 19.0 Å². The van der Waals surface area contributed by atoms with Crippen LogP contribution in [0.15, 0.2) is 24.3 Å². The average Bonchev–Trinajstić information content (AvgIpc) is 3.24. The van der Waals surface area contributed by atoms with Crippen LogP contribution in [0.2, 0.25) is 0 Å². The fourth-order valence-electron chi connectivity index (χ4n) is 2.34. The zero-order valence-electron chi connectivity index (χ0n) is 13.2. The van der Waals surface area contributed by atoms with Crippen molar-refractivity contribution in [2.24, 2.45) is 0 Å². The first kappa shape index (κ1) is 15.0. The number of nitrogens with one attached hydrogen (secondary N) is 1. The molecule has 0 amide bonds. The number of benzene rings is 1. The van der Waals surface area contributed by atoms with Gasteiger partial charge in [-0.25, -0.2) is 0 Å². The van der Waals surface area contributed by atoms with Gasteiger partial charge in [0.25, 0.3) is 0 Å². The first-order chi connectivity index (χ1) is 10.1. The van der Waals surface area contributed by atoms with Crippen LogP contribution < -0.4 is 5.32 Å². The number of hydrogen-bond donors (Lipinski definition) is 1. The van der Waals surface area contributed by atoms with Gasteiger partial charge in [-0.1, -0.05) is 25.1 Å². The van der Waals surface area contributed by atoms with E-state index in [-0.39, 0.29) is 5.60 Å². The molecule has 2 aromatic rings. The summed E-state index contributed by atoms with van der Waals surface area (Å²) in [5.74, 6) is 0. The van der Waals surface area contributed by atoms with Crippen molar-refractivity contribution in [1.82, 2.24) is 5.32 Å². The summed E-state index contributed by atoms with van der Waals surface area (Å²) in [6, 6.07) is 9.44. The van der Waals surface area contributed by atoms with E-state index >= 15 is 0 Å². The Balaban J connectivity index is 1.83. The molecule has 0 radical (unpaired) electrons. The monoisotopic (exact) mass is 303 g/mol. The van der Waals surface area contributed by atoms with Crippen molar-refractivity contribution in [2.45, 2.75) is 64.8 Å². The van der Waals surface area contributed by atoms with Crippen LogP contribution in [0.4, 0.5) is 0 Å². The Hall–Kier alpha value is -0.900. The highest BCUT2D eigenvalue weighted by atomic mass is 32.1. The van der Waals surface area contributed by atoms with Crippen LogP contribution in [0, 0.1) is 0 Å². The van der Waals surface area contributed by atoms with Gasteiger partial charge in [0.1, 0.15) is 0 Å². The van der Waals surface area contributed by atoms with Gasteiger partial charge in [0, 0.05) is 27.7 Å². The van der Waals surface area contributed by atoms with Crippen molar-refractivity contribution in [3.63, 3.8) is 0 Å². The van der Waals surface area contributed by atoms with E-state index in [2.05, 4.69) is 50.4 Å². The van der Waals surface area contributed by atoms with E-state index in [0.29, 0.717) is 6.61 Å². The summed E-state index contributed by atoms with van der Waals surface area (Å²) in [6.07, 6.45) is 3.70. The van der Waals surface area contributed by atoms with Gasteiger partial charge in [-0.05, 0) is 44.6 Å². The smallest absolute Gasteiger partial charge is 0.0741 e. The molecule has 0 spiro atoms. The van der Waals surface area contributed by atoms with Crippen LogP contribution in [0.5, 0.6) is 0 Å². The molecule has 0 atom stereocenters. The maximum atomic E-state index is 6.17. The molecule has 1 N–H and O–H groups in total. The van der Waals surface area contributed by atoms with E-state index < -0.39 is 0 Å². The third-order valence-electron chi connectivity index (χ3n) is 4.37. The molecule has 2 nitrogen and oxygen atoms in total. The van der Waals surface area contributed by atoms with Crippen LogP contribution in [-0.4, -0.2) is 11.6 Å². The first-order valence-corrected chi connectivity index (χ1v) is 8.77. The predicted octanol–water partition coefficient (Wildman–Crippen LogP) is 4.86. The number of fused-ring (bicyclic) bond motifs is 1. The lowest BCUT2D eigenvalue weighted by atomic mass is 10.1. The second kappa shape index (κ2) is 6.07. The van der Waals surface area contributed by atoms with Crippen LogP contribution in [-0.2, 0) is 17.9 Å². The molecule has 1 fully saturated rings. The van der Waals surface area contributed by atoms with Crippen molar-refractivity contribution >= 4 is 21.4 Å². The molecular weight excluding hydrogens is 278 g/mol. The third-order valence-corrected chi connectivity index (χ3v) is 5.58. The Morgan fingerprint density at radius 2 is 2.05 bits per heavy atom. The lowest BCUT2D eigenvalue weighted by Crippen LogP contribution is -2.23. The minimum Gasteiger partial charge on any atom is -0.371 e. The van der Waals surface area contributed by atoms with E-state index in [9.17, 15) is 0 Å². The molecule has 1 heterocycles. The van der Waals surface area contributed by atoms with Crippen LogP contribution in [0.3, 0.4) is 0 Å². The molecule has 1 aliphatic rings. The first-order valence-electron chi connectivity index (χ1n) is 7.95. The summed E-state index contributed by atoms with van der Waals surface area (Å²) in [5.41, 5.74) is 1.33. The quantitative estimate of drug-likeness (QED) is 0.789. The zero-order chi connectivity index (χ0) is 14.9. The maximum Gasteiger partial charge on any atom is 0.0741 e. The van der Waals surface area contributed by atoms with Crippen molar-refractivity contribution in [2.75, 3.05) is 0 Å². The second-order valence-corrected chi connectivity index (χ2v) is 7.69. The molecule has 1 aromatic carbocycles. The summed E-state index contributed by atoms with van der Waals surface area (Å²) < 4.78 is 7.55. The standard InChI is InChI=1S/C18H25NOS/c1-4-18(2,3)20-12-15-14-7-5-6-8-16(14)21-17(15)11-19-13-9-10-13/h5-8,13,19H,4,9-12H2,1-3H3. The van der Waals surface area contributed by atoms with Crippen molar-refractivity contribution in [3.8, 4) is 0 Å². The molecule has 0 unspecified atom stereocenters. The number of rotatable bonds is 7. The van der Waals surface area contributed by atoms with E-state index in [1.54, 1.807) is 0 Å². The number of thiophene rings is 1. The number of ether oxygens (including phenoxy) is 1. The lowest BCUT2D eigenvalue weighted by Gasteiger charge is -2.23. The van der Waals surface area contributed by atoms with Gasteiger partial charge in [0.2, 0.25) is 0 Å². The Bertz CT molecular complexity index is 613. The van der Waals surface area contributed by atoms with Gasteiger partial charge in [-0.2, -0.15) is 0 Å². The summed E-state index contributed by atoms with van der Waals surface area (Å²) in [6.45, 7) is 8.22. The average molecular weight is 303 g/mol. The van der Waals surface area contributed by atoms with E-state index in [4.69, 9.17) is 4.74 Å². The van der Waals surface area contributed by atoms with Crippen LogP contribution in [0.25, 0.3) is 10.1 Å². The third kappa shape index (κ3) is 3.65. The van der Waals surface area contributed by atoms with E-state index in [1.807, 2.05) is 11.3 Å². The van der Waals surface area contributed by atoms with Gasteiger partial charge >= 0.3 is 0 Å². The lowest BCUT2D eigenvalue weighted by molar-refractivity contribution is -0.0312. The molecule has 1 saturated carbocycles. The molecule has 114 valence electrons. The Morgan fingerprint density at radius 3 is 2.76 bits per heavy atom. The highest BCUT2D eigenvalue weighted by Gasteiger charge is 2.22. The zero-order valence-corrected chi connectivity index (χ0v) is 14.1. The predicted molar refractivity (Wildman–Crippen MR) is 90.8 cm³/mol. The van der Waals surface area contributed by atoms with Crippen molar-refractivity contribution < 1.29 is 4.74 Å². The Labute approximate surface area is 131 Å². The maximum absolute atomic E-state index is 6.17. The summed E-state index contributed by atoms with van der Waals surface area (Å²) in [7, 11) is 0. The highest BCUT2D eigenvalue weighted by Crippen LogP contribution is 2.33. The molecule has 0 saturated heterocycles. The minimum absolute atomic E-state index is 0.0514. The molecule has 0 aliphatic heterocycles. The van der Waals surface area contributed by atoms with Gasteiger partial charge < -0.3 is 10.1 Å². The van der Waals surface area contributed by atoms with Gasteiger partial charge in [-0.3, -0.25) is 0 Å². The van der Waals surface area contributed by atoms with Gasteiger partial charge in [0.05, 0.1) is 12.2 Å². The molecule has 21 heavy (non-hydrogen) atoms. The second-order valence-electron chi connectivity index (χ2n) is 6.56. The Morgan fingerprint density at radius 1 is 1.29 bits per heavy atom. The van der Waals surface area contributed by atoms with Crippen LogP contribution >= 0.6 is 11.3 Å². The van der Waals surface area contributed by atoms with Crippen molar-refractivity contribution in [1.29, 1.82) is 0 Å². The normalized spacial score (nSPS) is 15.8. The van der Waals surface area contributed by atoms with Crippen LogP contribution in [0.1, 0.15) is 50.5 Å².